The van der Waals surface area contributed by atoms with E-state index >= 15 is 0 Å². The first-order valence-electron chi connectivity index (χ1n) is 8.92. The number of amides is 2. The van der Waals surface area contributed by atoms with Crippen LogP contribution in [0.25, 0.3) is 0 Å². The third-order valence-electron chi connectivity index (χ3n) is 3.97. The second-order valence-electron chi connectivity index (χ2n) is 6.21. The number of unbranched alkanes of at least 4 members (excludes halogenated alkanes) is 1. The van der Waals surface area contributed by atoms with Crippen LogP contribution >= 0.6 is 0 Å². The number of benzene rings is 2. The van der Waals surface area contributed by atoms with Gasteiger partial charge in [0.05, 0.1) is 0 Å². The number of rotatable bonds is 8. The first-order chi connectivity index (χ1) is 12.5. The van der Waals surface area contributed by atoms with Crippen molar-refractivity contribution in [3.05, 3.63) is 59.7 Å². The number of hydrogen-bond acceptors (Lipinski definition) is 3. The molecule has 5 nitrogen and oxygen atoms in total. The van der Waals surface area contributed by atoms with Crippen LogP contribution in [0.2, 0.25) is 0 Å². The molecular weight excluding hydrogens is 328 g/mol. The zero-order valence-corrected chi connectivity index (χ0v) is 15.5. The maximum atomic E-state index is 12.4. The number of ether oxygens (including phenoxy) is 1. The number of hydrogen-bond donors (Lipinski definition) is 2. The fourth-order valence-corrected chi connectivity index (χ4v) is 2.40. The molecule has 5 heteroatoms. The molecule has 0 saturated carbocycles. The van der Waals surface area contributed by atoms with Crippen molar-refractivity contribution in [1.82, 2.24) is 5.32 Å². The second-order valence-corrected chi connectivity index (χ2v) is 6.21. The van der Waals surface area contributed by atoms with Gasteiger partial charge in [-0.05, 0) is 50.1 Å². The first-order valence-corrected chi connectivity index (χ1v) is 8.92. The highest BCUT2D eigenvalue weighted by atomic mass is 16.5. The summed E-state index contributed by atoms with van der Waals surface area (Å²) in [6, 6.07) is 14.4. The molecule has 0 heterocycles. The highest BCUT2D eigenvalue weighted by Crippen LogP contribution is 2.18. The molecule has 138 valence electrons. The molecule has 1 unspecified atom stereocenters. The largest absolute Gasteiger partial charge is 0.481 e. The van der Waals surface area contributed by atoms with Gasteiger partial charge in [0.15, 0.2) is 6.10 Å². The quantitative estimate of drug-likeness (QED) is 0.706. The van der Waals surface area contributed by atoms with Crippen molar-refractivity contribution in [2.75, 3.05) is 11.9 Å². The minimum absolute atomic E-state index is 0.140. The molecule has 0 aliphatic rings. The van der Waals surface area contributed by atoms with Crippen molar-refractivity contribution in [1.29, 1.82) is 0 Å². The van der Waals surface area contributed by atoms with Crippen LogP contribution in [0.3, 0.4) is 0 Å². The summed E-state index contributed by atoms with van der Waals surface area (Å²) < 4.78 is 5.73. The van der Waals surface area contributed by atoms with Gasteiger partial charge in [-0.1, -0.05) is 37.6 Å². The molecule has 0 saturated heterocycles. The summed E-state index contributed by atoms with van der Waals surface area (Å²) in [5, 5.41) is 5.67. The Bertz CT molecular complexity index is 758. The summed E-state index contributed by atoms with van der Waals surface area (Å²) in [6.45, 7) is 6.35. The summed E-state index contributed by atoms with van der Waals surface area (Å²) in [4.78, 5) is 24.5. The Morgan fingerprint density at radius 3 is 2.62 bits per heavy atom. The molecule has 2 aromatic rings. The van der Waals surface area contributed by atoms with Crippen LogP contribution in [0.5, 0.6) is 5.75 Å². The van der Waals surface area contributed by atoms with E-state index in [0.717, 1.165) is 18.4 Å². The fraction of sp³-hybridized carbons (Fsp3) is 0.333. The fourth-order valence-electron chi connectivity index (χ4n) is 2.40. The molecule has 0 radical (unpaired) electrons. The lowest BCUT2D eigenvalue weighted by atomic mass is 10.1. The number of para-hydroxylation sites is 1. The maximum absolute atomic E-state index is 12.4. The topological polar surface area (TPSA) is 67.4 Å². The second kappa shape index (κ2) is 9.61. The van der Waals surface area contributed by atoms with Gasteiger partial charge in [0.1, 0.15) is 5.75 Å². The van der Waals surface area contributed by atoms with E-state index in [1.807, 2.05) is 31.2 Å². The van der Waals surface area contributed by atoms with Gasteiger partial charge in [0.25, 0.3) is 11.8 Å². The number of anilines is 1. The van der Waals surface area contributed by atoms with Crippen LogP contribution in [0.15, 0.2) is 48.5 Å². The summed E-state index contributed by atoms with van der Waals surface area (Å²) in [5.41, 5.74) is 2.06. The van der Waals surface area contributed by atoms with Gasteiger partial charge in [0, 0.05) is 17.8 Å². The molecule has 0 fully saturated rings. The Balaban J connectivity index is 1.97. The lowest BCUT2D eigenvalue weighted by molar-refractivity contribution is -0.122. The first kappa shape index (κ1) is 19.5. The predicted octanol–water partition coefficient (Wildman–Crippen LogP) is 3.93. The molecule has 0 aromatic heterocycles. The third-order valence-corrected chi connectivity index (χ3v) is 3.97. The van der Waals surface area contributed by atoms with Gasteiger partial charge < -0.3 is 15.4 Å². The number of aryl methyl sites for hydroxylation is 1. The smallest absolute Gasteiger partial charge is 0.265 e. The average Bonchev–Trinajstić information content (AvgIpc) is 2.64. The van der Waals surface area contributed by atoms with Crippen molar-refractivity contribution in [2.45, 2.75) is 39.7 Å². The van der Waals surface area contributed by atoms with Crippen molar-refractivity contribution in [3.63, 3.8) is 0 Å². The molecule has 26 heavy (non-hydrogen) atoms. The Hall–Kier alpha value is -2.82. The lowest BCUT2D eigenvalue weighted by Gasteiger charge is -2.16. The van der Waals surface area contributed by atoms with E-state index in [-0.39, 0.29) is 11.8 Å². The Morgan fingerprint density at radius 2 is 1.88 bits per heavy atom. The maximum Gasteiger partial charge on any atom is 0.265 e. The Morgan fingerprint density at radius 1 is 1.12 bits per heavy atom. The van der Waals surface area contributed by atoms with Crippen LogP contribution in [0.4, 0.5) is 5.69 Å². The summed E-state index contributed by atoms with van der Waals surface area (Å²) in [5.74, 6) is 0.273. The minimum Gasteiger partial charge on any atom is -0.481 e. The van der Waals surface area contributed by atoms with E-state index in [0.29, 0.717) is 23.5 Å². The molecule has 2 aromatic carbocycles. The lowest BCUT2D eigenvalue weighted by Crippen LogP contribution is -2.30. The van der Waals surface area contributed by atoms with E-state index in [4.69, 9.17) is 4.74 Å². The Labute approximate surface area is 154 Å². The highest BCUT2D eigenvalue weighted by Gasteiger charge is 2.16. The van der Waals surface area contributed by atoms with Crippen LogP contribution in [0.1, 0.15) is 42.6 Å². The number of carbonyl (C=O) groups is 2. The summed E-state index contributed by atoms with van der Waals surface area (Å²) in [7, 11) is 0. The third kappa shape index (κ3) is 5.62. The van der Waals surface area contributed by atoms with Gasteiger partial charge in [-0.2, -0.15) is 0 Å². The van der Waals surface area contributed by atoms with Crippen molar-refractivity contribution >= 4 is 17.5 Å². The SMILES string of the molecule is CCCCNC(=O)c1cccc(NC(=O)C(C)Oc2ccccc2C)c1. The van der Waals surface area contributed by atoms with Crippen molar-refractivity contribution in [2.24, 2.45) is 0 Å². The van der Waals surface area contributed by atoms with Crippen molar-refractivity contribution in [3.8, 4) is 5.75 Å². The average molecular weight is 354 g/mol. The van der Waals surface area contributed by atoms with Gasteiger partial charge >= 0.3 is 0 Å². The van der Waals surface area contributed by atoms with Crippen LogP contribution in [-0.2, 0) is 4.79 Å². The number of nitrogens with one attached hydrogen (secondary N) is 2. The monoisotopic (exact) mass is 354 g/mol. The molecular formula is C21H26N2O3. The zero-order valence-electron chi connectivity index (χ0n) is 15.5. The van der Waals surface area contributed by atoms with E-state index < -0.39 is 6.10 Å². The van der Waals surface area contributed by atoms with E-state index in [1.165, 1.54) is 0 Å². The predicted molar refractivity (Wildman–Crippen MR) is 104 cm³/mol. The molecule has 2 amide bonds. The normalized spacial score (nSPS) is 11.5. The molecule has 1 atom stereocenters. The number of carbonyl (C=O) groups excluding carboxylic acids is 2. The standard InChI is InChI=1S/C21H26N2O3/c1-4-5-13-22-21(25)17-10-8-11-18(14-17)23-20(24)16(3)26-19-12-7-6-9-15(19)2/h6-12,14,16H,4-5,13H2,1-3H3,(H,22,25)(H,23,24). The van der Waals surface area contributed by atoms with E-state index in [1.54, 1.807) is 31.2 Å². The molecule has 0 spiro atoms. The van der Waals surface area contributed by atoms with Gasteiger partial charge in [0.2, 0.25) is 0 Å². The molecule has 2 N–H and O–H groups in total. The minimum atomic E-state index is -0.655. The van der Waals surface area contributed by atoms with Crippen molar-refractivity contribution < 1.29 is 14.3 Å². The van der Waals surface area contributed by atoms with Crippen LogP contribution in [-0.4, -0.2) is 24.5 Å². The van der Waals surface area contributed by atoms with E-state index in [9.17, 15) is 9.59 Å². The Kier molecular flexibility index (Phi) is 7.21. The molecule has 0 aliphatic heterocycles. The summed E-state index contributed by atoms with van der Waals surface area (Å²) >= 11 is 0. The molecule has 2 rings (SSSR count). The zero-order chi connectivity index (χ0) is 18.9. The van der Waals surface area contributed by atoms with E-state index in [2.05, 4.69) is 17.6 Å². The van der Waals surface area contributed by atoms with Crippen LogP contribution < -0.4 is 15.4 Å². The van der Waals surface area contributed by atoms with Gasteiger partial charge in [-0.3, -0.25) is 9.59 Å². The highest BCUT2D eigenvalue weighted by molar-refractivity contribution is 5.98. The van der Waals surface area contributed by atoms with Gasteiger partial charge in [-0.15, -0.1) is 0 Å². The molecule has 0 aliphatic carbocycles. The van der Waals surface area contributed by atoms with Crippen LogP contribution in [0, 0.1) is 6.92 Å². The molecule has 0 bridgehead atoms. The van der Waals surface area contributed by atoms with Gasteiger partial charge in [-0.25, -0.2) is 0 Å². The summed E-state index contributed by atoms with van der Waals surface area (Å²) in [6.07, 6.45) is 1.31.